The van der Waals surface area contributed by atoms with Crippen molar-refractivity contribution >= 4 is 19.8 Å². The summed E-state index contributed by atoms with van der Waals surface area (Å²) in [6.45, 7) is 3.70. The third kappa shape index (κ3) is 44.4. The first-order valence-electron chi connectivity index (χ1n) is 22.9. The minimum absolute atomic E-state index is 0.114. The van der Waals surface area contributed by atoms with Gasteiger partial charge in [-0.2, -0.15) is 0 Å². The molecule has 0 spiro atoms. The van der Waals surface area contributed by atoms with Crippen molar-refractivity contribution in [2.45, 2.75) is 187 Å². The van der Waals surface area contributed by atoms with Crippen molar-refractivity contribution in [3.05, 3.63) is 97.2 Å². The molecule has 0 rings (SSSR count). The molecule has 9 heteroatoms. The molecule has 0 aliphatic carbocycles. The molecular formula is C50H83O8P. The van der Waals surface area contributed by atoms with Crippen molar-refractivity contribution < 1.29 is 37.6 Å². The number of carbonyl (C=O) groups excluding carboxylic acids is 2. The summed E-state index contributed by atoms with van der Waals surface area (Å²) in [5.74, 6) is -0.913. The van der Waals surface area contributed by atoms with Crippen molar-refractivity contribution in [1.82, 2.24) is 0 Å². The number of phosphoric acid groups is 1. The van der Waals surface area contributed by atoms with E-state index in [2.05, 4.69) is 103 Å². The van der Waals surface area contributed by atoms with Crippen LogP contribution >= 0.6 is 7.82 Å². The molecule has 0 saturated carbocycles. The first-order valence-corrected chi connectivity index (χ1v) is 24.4. The van der Waals surface area contributed by atoms with E-state index < -0.39 is 32.5 Å². The van der Waals surface area contributed by atoms with E-state index >= 15 is 0 Å². The first-order chi connectivity index (χ1) is 28.8. The van der Waals surface area contributed by atoms with E-state index in [0.29, 0.717) is 6.42 Å². The summed E-state index contributed by atoms with van der Waals surface area (Å²) in [5.41, 5.74) is 0. The van der Waals surface area contributed by atoms with Crippen LogP contribution in [0.2, 0.25) is 0 Å². The van der Waals surface area contributed by atoms with Crippen molar-refractivity contribution in [2.24, 2.45) is 0 Å². The number of unbranched alkanes of at least 4 members (excludes halogenated alkanes) is 14. The summed E-state index contributed by atoms with van der Waals surface area (Å²) in [5, 5.41) is 0. The van der Waals surface area contributed by atoms with Gasteiger partial charge in [-0.05, 0) is 83.5 Å². The summed E-state index contributed by atoms with van der Waals surface area (Å²) < 4.78 is 31.9. The molecule has 0 bridgehead atoms. The van der Waals surface area contributed by atoms with Gasteiger partial charge in [-0.3, -0.25) is 18.6 Å². The van der Waals surface area contributed by atoms with Crippen LogP contribution in [0, 0.1) is 0 Å². The molecule has 1 N–H and O–H groups in total. The van der Waals surface area contributed by atoms with Gasteiger partial charge in [-0.1, -0.05) is 182 Å². The molecule has 0 aromatic heterocycles. The molecule has 0 heterocycles. The number of carbonyl (C=O) groups is 2. The first kappa shape index (κ1) is 56.0. The van der Waals surface area contributed by atoms with Gasteiger partial charge in [-0.25, -0.2) is 4.57 Å². The van der Waals surface area contributed by atoms with Crippen molar-refractivity contribution in [3.8, 4) is 0 Å². The van der Waals surface area contributed by atoms with E-state index in [-0.39, 0.29) is 19.4 Å². The third-order valence-electron chi connectivity index (χ3n) is 9.33. The van der Waals surface area contributed by atoms with Gasteiger partial charge in [0.2, 0.25) is 0 Å². The Bertz CT molecular complexity index is 1280. The minimum Gasteiger partial charge on any atom is -0.462 e. The zero-order valence-corrected chi connectivity index (χ0v) is 38.3. The molecule has 0 aliphatic rings. The number of esters is 2. The molecule has 8 nitrogen and oxygen atoms in total. The third-order valence-corrected chi connectivity index (χ3v) is 10.3. The normalized spacial score (nSPS) is 14.2. The molecule has 0 radical (unpaired) electrons. The fourth-order valence-electron chi connectivity index (χ4n) is 5.83. The Kier molecular flexibility index (Phi) is 42.2. The van der Waals surface area contributed by atoms with Gasteiger partial charge in [0.05, 0.1) is 6.61 Å². The van der Waals surface area contributed by atoms with Crippen molar-refractivity contribution in [2.75, 3.05) is 20.3 Å². The second-order valence-electron chi connectivity index (χ2n) is 14.8. The lowest BCUT2D eigenvalue weighted by molar-refractivity contribution is -0.161. The predicted octanol–water partition coefficient (Wildman–Crippen LogP) is 14.8. The summed E-state index contributed by atoms with van der Waals surface area (Å²) in [7, 11) is -3.25. The Balaban J connectivity index is 4.10. The maximum Gasteiger partial charge on any atom is 0.472 e. The van der Waals surface area contributed by atoms with Gasteiger partial charge in [0.15, 0.2) is 6.10 Å². The van der Waals surface area contributed by atoms with Crippen LogP contribution in [0.4, 0.5) is 0 Å². The van der Waals surface area contributed by atoms with E-state index in [1.54, 1.807) is 0 Å². The largest absolute Gasteiger partial charge is 0.472 e. The number of allylic oxidation sites excluding steroid dienone is 16. The SMILES string of the molecule is CC/C=C\C/C=C\C/C=C\C/C=C\C/C=C\C/C=C\CCC(=O)OC(COC(=O)CCCCCCCCCCC/C=C\C/C=C\CCCCCCC)COP(=O)(O)OC. The van der Waals surface area contributed by atoms with Crippen molar-refractivity contribution in [3.63, 3.8) is 0 Å². The molecule has 2 atom stereocenters. The van der Waals surface area contributed by atoms with E-state index in [4.69, 9.17) is 14.0 Å². The van der Waals surface area contributed by atoms with E-state index in [1.165, 1.54) is 70.6 Å². The van der Waals surface area contributed by atoms with Crippen LogP contribution < -0.4 is 0 Å². The Morgan fingerprint density at radius 2 is 0.898 bits per heavy atom. The van der Waals surface area contributed by atoms with E-state index in [0.717, 1.165) is 84.2 Å². The Morgan fingerprint density at radius 1 is 0.492 bits per heavy atom. The maximum atomic E-state index is 12.5. The van der Waals surface area contributed by atoms with E-state index in [1.807, 2.05) is 12.2 Å². The summed E-state index contributed by atoms with van der Waals surface area (Å²) >= 11 is 0. The molecule has 0 amide bonds. The van der Waals surface area contributed by atoms with Gasteiger partial charge in [0.25, 0.3) is 0 Å². The molecule has 336 valence electrons. The lowest BCUT2D eigenvalue weighted by atomic mass is 10.1. The quantitative estimate of drug-likeness (QED) is 0.0281. The zero-order valence-electron chi connectivity index (χ0n) is 37.4. The van der Waals surface area contributed by atoms with Crippen LogP contribution in [0.1, 0.15) is 181 Å². The second-order valence-corrected chi connectivity index (χ2v) is 16.4. The molecule has 0 aromatic carbocycles. The highest BCUT2D eigenvalue weighted by molar-refractivity contribution is 7.47. The standard InChI is InChI=1S/C50H83O8P/c1-4-6-8-10-12-14-16-18-20-22-24-25-27-28-30-32-34-36-38-40-42-44-49(51)56-46-48(47-57-59(53,54)55-3)58-50(52)45-43-41-39-37-35-33-31-29-26-23-21-19-17-15-13-11-9-7-5-2/h7,9,13,15-16,18-19,21-22,24,26,29,33,35,39,41,48H,4-6,8,10-12,14,17,20,23,25,27-28,30-32,34,36-38,40,42-47H2,1-3H3,(H,53,54)/b9-7-,15-13-,18-16-,21-19-,24-22-,29-26-,35-33-,41-39-. The number of ether oxygens (including phenoxy) is 2. The molecule has 0 fully saturated rings. The lowest BCUT2D eigenvalue weighted by Crippen LogP contribution is -2.29. The molecular weight excluding hydrogens is 760 g/mol. The van der Waals surface area contributed by atoms with Gasteiger partial charge in [0.1, 0.15) is 6.61 Å². The molecule has 59 heavy (non-hydrogen) atoms. The van der Waals surface area contributed by atoms with Crippen LogP contribution in [-0.2, 0) is 32.7 Å². The molecule has 0 saturated heterocycles. The fourth-order valence-corrected chi connectivity index (χ4v) is 6.29. The predicted molar refractivity (Wildman–Crippen MR) is 248 cm³/mol. The summed E-state index contributed by atoms with van der Waals surface area (Å²) in [6, 6.07) is 0. The van der Waals surface area contributed by atoms with Gasteiger partial charge in [-0.15, -0.1) is 0 Å². The smallest absolute Gasteiger partial charge is 0.462 e. The van der Waals surface area contributed by atoms with Gasteiger partial charge in [0, 0.05) is 20.0 Å². The average molecular weight is 843 g/mol. The summed E-state index contributed by atoms with van der Waals surface area (Å²) in [6.07, 6.45) is 60.5. The Hall–Kier alpha value is -3.03. The van der Waals surface area contributed by atoms with Crippen LogP contribution in [0.5, 0.6) is 0 Å². The average Bonchev–Trinajstić information content (AvgIpc) is 3.23. The number of hydrogen-bond donors (Lipinski definition) is 1. The van der Waals surface area contributed by atoms with E-state index in [9.17, 15) is 19.0 Å². The van der Waals surface area contributed by atoms with Gasteiger partial charge < -0.3 is 14.4 Å². The number of phosphoric ester groups is 1. The highest BCUT2D eigenvalue weighted by Gasteiger charge is 2.24. The Labute approximate surface area is 360 Å². The number of rotatable bonds is 41. The van der Waals surface area contributed by atoms with Gasteiger partial charge >= 0.3 is 19.8 Å². The van der Waals surface area contributed by atoms with Crippen LogP contribution in [0.3, 0.4) is 0 Å². The van der Waals surface area contributed by atoms with Crippen LogP contribution in [-0.4, -0.2) is 43.3 Å². The zero-order chi connectivity index (χ0) is 43.2. The topological polar surface area (TPSA) is 108 Å². The second kappa shape index (κ2) is 44.5. The monoisotopic (exact) mass is 843 g/mol. The minimum atomic E-state index is -4.29. The fraction of sp³-hybridized carbons (Fsp3) is 0.640. The summed E-state index contributed by atoms with van der Waals surface area (Å²) in [4.78, 5) is 34.5. The van der Waals surface area contributed by atoms with Crippen LogP contribution in [0.25, 0.3) is 0 Å². The number of hydrogen-bond acceptors (Lipinski definition) is 7. The Morgan fingerprint density at radius 3 is 1.36 bits per heavy atom. The lowest BCUT2D eigenvalue weighted by Gasteiger charge is -2.19. The van der Waals surface area contributed by atoms with Crippen molar-refractivity contribution in [1.29, 1.82) is 0 Å². The molecule has 0 aliphatic heterocycles. The maximum absolute atomic E-state index is 12.5. The molecule has 0 aromatic rings. The molecule has 2 unspecified atom stereocenters. The van der Waals surface area contributed by atoms with Crippen LogP contribution in [0.15, 0.2) is 97.2 Å². The highest BCUT2D eigenvalue weighted by Crippen LogP contribution is 2.42. The highest BCUT2D eigenvalue weighted by atomic mass is 31.2.